The summed E-state index contributed by atoms with van der Waals surface area (Å²) in [5.41, 5.74) is -1.51. The number of nitrogens with zero attached hydrogens (tertiary/aromatic N) is 1. The molecule has 0 radical (unpaired) electrons. The van der Waals surface area contributed by atoms with Crippen LogP contribution in [0.3, 0.4) is 0 Å². The van der Waals surface area contributed by atoms with E-state index in [1.165, 1.54) is 0 Å². The van der Waals surface area contributed by atoms with Crippen molar-refractivity contribution in [2.45, 2.75) is 24.5 Å². The molecule has 1 saturated heterocycles. The zero-order valence-corrected chi connectivity index (χ0v) is 11.3. The lowest BCUT2D eigenvalue weighted by Crippen LogP contribution is -2.37. The molecule has 21 heavy (non-hydrogen) atoms. The number of aliphatic hydroxyl groups excluding tert-OH is 2. The summed E-state index contributed by atoms with van der Waals surface area (Å²) in [4.78, 5) is 41.6. The van der Waals surface area contributed by atoms with Crippen LogP contribution < -0.4 is 11.2 Å². The molecule has 0 saturated carbocycles. The minimum atomic E-state index is -4.76. The highest BCUT2D eigenvalue weighted by Crippen LogP contribution is 2.38. The van der Waals surface area contributed by atoms with Gasteiger partial charge >= 0.3 is 13.5 Å². The normalized spacial score (nSPS) is 29.7. The number of hydrogen-bond acceptors (Lipinski definition) is 7. The summed E-state index contributed by atoms with van der Waals surface area (Å²) in [5.74, 6) is 0. The molecule has 12 heteroatoms. The number of aromatic amines is 1. The third-order valence-corrected chi connectivity index (χ3v) is 3.35. The smallest absolute Gasteiger partial charge is 0.387 e. The van der Waals surface area contributed by atoms with Gasteiger partial charge in [0.25, 0.3) is 5.56 Å². The molecule has 0 aliphatic carbocycles. The fourth-order valence-electron chi connectivity index (χ4n) is 1.89. The van der Waals surface area contributed by atoms with Crippen LogP contribution in [-0.2, 0) is 13.8 Å². The number of phosphoric ester groups is 1. The van der Waals surface area contributed by atoms with Gasteiger partial charge in [-0.1, -0.05) is 0 Å². The first-order chi connectivity index (χ1) is 9.69. The van der Waals surface area contributed by atoms with Gasteiger partial charge in [-0.05, 0) is 0 Å². The zero-order chi connectivity index (χ0) is 15.8. The number of aromatic nitrogens is 2. The summed E-state index contributed by atoms with van der Waals surface area (Å²) in [5, 5.41) is 19.6. The Balaban J connectivity index is 2.18. The monoisotopic (exact) mass is 324 g/mol. The molecular formula is C9H13N2O9P. The molecule has 0 spiro atoms. The van der Waals surface area contributed by atoms with Crippen LogP contribution in [0.2, 0.25) is 0 Å². The molecule has 0 bridgehead atoms. The molecule has 1 aromatic rings. The highest BCUT2D eigenvalue weighted by molar-refractivity contribution is 7.46. The molecule has 1 aliphatic heterocycles. The number of hydrogen-bond donors (Lipinski definition) is 5. The molecule has 4 atom stereocenters. The third kappa shape index (κ3) is 3.66. The first-order valence-electron chi connectivity index (χ1n) is 5.72. The van der Waals surface area contributed by atoms with Crippen LogP contribution in [-0.4, -0.2) is 54.5 Å². The fraction of sp³-hybridized carbons (Fsp3) is 0.556. The van der Waals surface area contributed by atoms with Crippen LogP contribution in [0.15, 0.2) is 21.9 Å². The van der Waals surface area contributed by atoms with Gasteiger partial charge in [0.2, 0.25) is 0 Å². The summed E-state index contributed by atoms with van der Waals surface area (Å²) in [6.45, 7) is -0.683. The maximum atomic E-state index is 11.6. The Morgan fingerprint density at radius 1 is 1.33 bits per heavy atom. The van der Waals surface area contributed by atoms with E-state index in [0.29, 0.717) is 0 Å². The van der Waals surface area contributed by atoms with Gasteiger partial charge in [-0.15, -0.1) is 0 Å². The number of phosphoric acid groups is 1. The van der Waals surface area contributed by atoms with Gasteiger partial charge in [-0.2, -0.15) is 0 Å². The summed E-state index contributed by atoms with van der Waals surface area (Å²) in [6.07, 6.45) is -4.58. The number of aliphatic hydroxyl groups is 2. The second-order valence-corrected chi connectivity index (χ2v) is 5.59. The predicted octanol–water partition coefficient (Wildman–Crippen LogP) is -2.73. The van der Waals surface area contributed by atoms with Crippen LogP contribution >= 0.6 is 7.82 Å². The second kappa shape index (κ2) is 5.81. The SMILES string of the molecule is O=c1ccn([C@H]2O[C@@H](COP(=O)(O)O)[C@@H](O)[C@H]2O)c(=O)[nH]1. The van der Waals surface area contributed by atoms with Crippen molar-refractivity contribution in [1.82, 2.24) is 9.55 Å². The molecule has 0 amide bonds. The van der Waals surface area contributed by atoms with Gasteiger partial charge in [-0.3, -0.25) is 18.9 Å². The Labute approximate surface area is 116 Å². The molecular weight excluding hydrogens is 311 g/mol. The maximum Gasteiger partial charge on any atom is 0.469 e. The second-order valence-electron chi connectivity index (χ2n) is 4.35. The first kappa shape index (κ1) is 16.0. The van der Waals surface area contributed by atoms with Gasteiger partial charge in [0, 0.05) is 12.3 Å². The highest BCUT2D eigenvalue weighted by Gasteiger charge is 2.44. The Morgan fingerprint density at radius 3 is 2.57 bits per heavy atom. The van der Waals surface area contributed by atoms with Gasteiger partial charge in [0.05, 0.1) is 6.61 Å². The van der Waals surface area contributed by atoms with E-state index in [9.17, 15) is 24.4 Å². The van der Waals surface area contributed by atoms with E-state index in [-0.39, 0.29) is 0 Å². The number of rotatable bonds is 4. The molecule has 118 valence electrons. The van der Waals surface area contributed by atoms with E-state index < -0.39 is 50.2 Å². The standard InChI is InChI=1S/C9H13N2O9P/c12-5-1-2-11(9(15)10-5)8-7(14)6(13)4(20-8)3-19-21(16,17)18/h1-2,4,6-8,13-14H,3H2,(H,10,12,15)(H2,16,17,18)/t4-,6+,7+,8-/m0/s1. The zero-order valence-electron chi connectivity index (χ0n) is 10.4. The van der Waals surface area contributed by atoms with Crippen molar-refractivity contribution in [2.24, 2.45) is 0 Å². The molecule has 1 aliphatic rings. The van der Waals surface area contributed by atoms with E-state index >= 15 is 0 Å². The van der Waals surface area contributed by atoms with Crippen molar-refractivity contribution in [3.63, 3.8) is 0 Å². The topological polar surface area (TPSA) is 171 Å². The largest absolute Gasteiger partial charge is 0.469 e. The van der Waals surface area contributed by atoms with Crippen LogP contribution in [0.4, 0.5) is 0 Å². The van der Waals surface area contributed by atoms with E-state index in [4.69, 9.17) is 14.5 Å². The van der Waals surface area contributed by atoms with Crippen LogP contribution in [0.1, 0.15) is 6.23 Å². The van der Waals surface area contributed by atoms with Crippen molar-refractivity contribution in [3.05, 3.63) is 33.1 Å². The van der Waals surface area contributed by atoms with Crippen molar-refractivity contribution >= 4 is 7.82 Å². The van der Waals surface area contributed by atoms with Crippen molar-refractivity contribution in [2.75, 3.05) is 6.61 Å². The Hall–Kier alpha value is -1.33. The molecule has 5 N–H and O–H groups in total. The number of H-pyrrole nitrogens is 1. The lowest BCUT2D eigenvalue weighted by molar-refractivity contribution is -0.0543. The molecule has 2 heterocycles. The van der Waals surface area contributed by atoms with E-state index in [0.717, 1.165) is 16.8 Å². The van der Waals surface area contributed by atoms with Gasteiger partial charge < -0.3 is 24.7 Å². The summed E-state index contributed by atoms with van der Waals surface area (Å²) in [7, 11) is -4.76. The molecule has 1 aromatic heterocycles. The van der Waals surface area contributed by atoms with Gasteiger partial charge in [0.1, 0.15) is 18.3 Å². The molecule has 11 nitrogen and oxygen atoms in total. The minimum Gasteiger partial charge on any atom is -0.387 e. The first-order valence-corrected chi connectivity index (χ1v) is 7.25. The lowest BCUT2D eigenvalue weighted by atomic mass is 10.1. The van der Waals surface area contributed by atoms with Crippen molar-refractivity contribution in [1.29, 1.82) is 0 Å². The van der Waals surface area contributed by atoms with E-state index in [2.05, 4.69) is 4.52 Å². The van der Waals surface area contributed by atoms with Crippen molar-refractivity contribution in [3.8, 4) is 0 Å². The lowest BCUT2D eigenvalue weighted by Gasteiger charge is -2.16. The average molecular weight is 324 g/mol. The molecule has 1 fully saturated rings. The number of ether oxygens (including phenoxy) is 1. The Kier molecular flexibility index (Phi) is 4.44. The van der Waals surface area contributed by atoms with E-state index in [1.54, 1.807) is 0 Å². The van der Waals surface area contributed by atoms with Gasteiger partial charge in [-0.25, -0.2) is 9.36 Å². The summed E-state index contributed by atoms with van der Waals surface area (Å²) in [6, 6.07) is 1.02. The quantitative estimate of drug-likeness (QED) is 0.368. The molecule has 0 unspecified atom stereocenters. The predicted molar refractivity (Wildman–Crippen MR) is 65.2 cm³/mol. The molecule has 0 aromatic carbocycles. The van der Waals surface area contributed by atoms with Gasteiger partial charge in [0.15, 0.2) is 6.23 Å². The maximum absolute atomic E-state index is 11.6. The van der Waals surface area contributed by atoms with Crippen LogP contribution in [0, 0.1) is 0 Å². The van der Waals surface area contributed by atoms with Crippen molar-refractivity contribution < 1.29 is 33.8 Å². The third-order valence-electron chi connectivity index (χ3n) is 2.87. The molecule has 2 rings (SSSR count). The van der Waals surface area contributed by atoms with E-state index in [1.807, 2.05) is 4.98 Å². The summed E-state index contributed by atoms with van der Waals surface area (Å²) < 4.78 is 20.8. The summed E-state index contributed by atoms with van der Waals surface area (Å²) >= 11 is 0. The Morgan fingerprint density at radius 2 is 2.00 bits per heavy atom. The Bertz CT molecular complexity index is 664. The number of nitrogens with one attached hydrogen (secondary N) is 1. The average Bonchev–Trinajstić information content (AvgIpc) is 2.64. The highest BCUT2D eigenvalue weighted by atomic mass is 31.2. The minimum absolute atomic E-state index is 0.648. The van der Waals surface area contributed by atoms with Crippen LogP contribution in [0.5, 0.6) is 0 Å². The fourth-order valence-corrected chi connectivity index (χ4v) is 2.24. The van der Waals surface area contributed by atoms with Crippen LogP contribution in [0.25, 0.3) is 0 Å².